The Kier molecular flexibility index (Phi) is 6.86. The molecule has 0 aromatic heterocycles. The first kappa shape index (κ1) is 19.2. The molecule has 0 fully saturated rings. The maximum atomic E-state index is 4.35. The molecule has 0 atom stereocenters. The van der Waals surface area contributed by atoms with Crippen molar-refractivity contribution in [3.8, 4) is 0 Å². The zero-order chi connectivity index (χ0) is 19.6. The van der Waals surface area contributed by atoms with E-state index < -0.39 is 0 Å². The Hall–Kier alpha value is -3.52. The third-order valence-electron chi connectivity index (χ3n) is 4.41. The highest BCUT2D eigenvalue weighted by Crippen LogP contribution is 2.21. The SMILES string of the molecule is C=C/C=C(\C=C)Cc1ccc(N=Nc2ccc(Cc3ccccc3)cc2)cc1. The second kappa shape index (κ2) is 9.98. The molecular weight excluding hydrogens is 340 g/mol. The fraction of sp³-hybridized carbons (Fsp3) is 0.0769. The van der Waals surface area contributed by atoms with Crippen LogP contribution in [0, 0.1) is 0 Å². The van der Waals surface area contributed by atoms with Gasteiger partial charge in [-0.2, -0.15) is 10.2 Å². The van der Waals surface area contributed by atoms with Crippen LogP contribution in [0.2, 0.25) is 0 Å². The van der Waals surface area contributed by atoms with Gasteiger partial charge < -0.3 is 0 Å². The van der Waals surface area contributed by atoms with Gasteiger partial charge in [-0.15, -0.1) is 0 Å². The molecule has 0 N–H and O–H groups in total. The van der Waals surface area contributed by atoms with Crippen molar-refractivity contribution >= 4 is 11.4 Å². The third-order valence-corrected chi connectivity index (χ3v) is 4.41. The molecule has 0 aliphatic rings. The first-order chi connectivity index (χ1) is 13.8. The van der Waals surface area contributed by atoms with Crippen molar-refractivity contribution in [2.75, 3.05) is 0 Å². The van der Waals surface area contributed by atoms with Crippen LogP contribution in [0.3, 0.4) is 0 Å². The Bertz CT molecular complexity index is 963. The molecule has 0 amide bonds. The number of hydrogen-bond donors (Lipinski definition) is 0. The van der Waals surface area contributed by atoms with Crippen LogP contribution in [0.1, 0.15) is 16.7 Å². The summed E-state index contributed by atoms with van der Waals surface area (Å²) in [6.45, 7) is 7.57. The van der Waals surface area contributed by atoms with Crippen molar-refractivity contribution in [2.45, 2.75) is 12.8 Å². The Morgan fingerprint density at radius 2 is 1.21 bits per heavy atom. The molecule has 0 spiro atoms. The molecule has 0 radical (unpaired) electrons. The summed E-state index contributed by atoms with van der Waals surface area (Å²) in [5, 5.41) is 8.69. The molecule has 0 bridgehead atoms. The highest BCUT2D eigenvalue weighted by atomic mass is 15.1. The number of azo groups is 1. The summed E-state index contributed by atoms with van der Waals surface area (Å²) >= 11 is 0. The predicted molar refractivity (Wildman–Crippen MR) is 118 cm³/mol. The van der Waals surface area contributed by atoms with Crippen LogP contribution >= 0.6 is 0 Å². The summed E-state index contributed by atoms with van der Waals surface area (Å²) in [5.41, 5.74) is 6.60. The molecule has 0 unspecified atom stereocenters. The number of nitrogens with zero attached hydrogens (tertiary/aromatic N) is 2. The first-order valence-electron chi connectivity index (χ1n) is 9.34. The molecule has 3 aromatic carbocycles. The van der Waals surface area contributed by atoms with Gasteiger partial charge in [-0.1, -0.05) is 86.0 Å². The van der Waals surface area contributed by atoms with E-state index >= 15 is 0 Å². The molecule has 2 nitrogen and oxygen atoms in total. The van der Waals surface area contributed by atoms with Gasteiger partial charge in [0, 0.05) is 0 Å². The summed E-state index contributed by atoms with van der Waals surface area (Å²) in [6.07, 6.45) is 7.37. The van der Waals surface area contributed by atoms with Gasteiger partial charge in [0.25, 0.3) is 0 Å². The fourth-order valence-corrected chi connectivity index (χ4v) is 2.89. The number of benzene rings is 3. The van der Waals surface area contributed by atoms with E-state index in [0.717, 1.165) is 29.8 Å². The van der Waals surface area contributed by atoms with Gasteiger partial charge in [-0.05, 0) is 59.4 Å². The lowest BCUT2D eigenvalue weighted by Gasteiger charge is -2.03. The number of allylic oxidation sites excluding steroid dienone is 4. The van der Waals surface area contributed by atoms with Crippen molar-refractivity contribution in [3.05, 3.63) is 133 Å². The lowest BCUT2D eigenvalue weighted by molar-refractivity contribution is 1.17. The van der Waals surface area contributed by atoms with Crippen molar-refractivity contribution < 1.29 is 0 Å². The van der Waals surface area contributed by atoms with Gasteiger partial charge in [-0.3, -0.25) is 0 Å². The normalized spacial score (nSPS) is 11.5. The van der Waals surface area contributed by atoms with Crippen LogP contribution in [-0.2, 0) is 12.8 Å². The zero-order valence-electron chi connectivity index (χ0n) is 16.0. The van der Waals surface area contributed by atoms with Gasteiger partial charge in [0.15, 0.2) is 0 Å². The second-order valence-corrected chi connectivity index (χ2v) is 6.55. The highest BCUT2D eigenvalue weighted by molar-refractivity contribution is 5.43. The van der Waals surface area contributed by atoms with E-state index in [0.29, 0.717) is 0 Å². The lowest BCUT2D eigenvalue weighted by Crippen LogP contribution is -1.86. The molecular formula is C26H24N2. The predicted octanol–water partition coefficient (Wildman–Crippen LogP) is 7.53. The summed E-state index contributed by atoms with van der Waals surface area (Å²) in [5.74, 6) is 0. The van der Waals surface area contributed by atoms with Crippen LogP contribution in [0.5, 0.6) is 0 Å². The van der Waals surface area contributed by atoms with Crippen molar-refractivity contribution in [3.63, 3.8) is 0 Å². The molecule has 3 rings (SSSR count). The number of hydrogen-bond acceptors (Lipinski definition) is 2. The van der Waals surface area contributed by atoms with E-state index in [2.05, 4.69) is 71.9 Å². The topological polar surface area (TPSA) is 24.7 Å². The molecule has 2 heteroatoms. The minimum atomic E-state index is 0.829. The number of rotatable bonds is 8. The summed E-state index contributed by atoms with van der Waals surface area (Å²) in [4.78, 5) is 0. The average molecular weight is 364 g/mol. The smallest absolute Gasteiger partial charge is 0.0857 e. The fourth-order valence-electron chi connectivity index (χ4n) is 2.89. The van der Waals surface area contributed by atoms with E-state index in [1.807, 2.05) is 42.5 Å². The Morgan fingerprint density at radius 1 is 0.679 bits per heavy atom. The van der Waals surface area contributed by atoms with Gasteiger partial charge in [0.05, 0.1) is 11.4 Å². The maximum absolute atomic E-state index is 4.35. The molecule has 138 valence electrons. The van der Waals surface area contributed by atoms with Crippen molar-refractivity contribution in [1.82, 2.24) is 0 Å². The van der Waals surface area contributed by atoms with Crippen LogP contribution in [0.25, 0.3) is 0 Å². The van der Waals surface area contributed by atoms with Gasteiger partial charge in [0.1, 0.15) is 0 Å². The van der Waals surface area contributed by atoms with Gasteiger partial charge in [0.2, 0.25) is 0 Å². The van der Waals surface area contributed by atoms with E-state index in [1.165, 1.54) is 16.7 Å². The van der Waals surface area contributed by atoms with Crippen LogP contribution < -0.4 is 0 Å². The Balaban J connectivity index is 1.61. The minimum absolute atomic E-state index is 0.829. The molecule has 0 heterocycles. The molecule has 0 saturated heterocycles. The van der Waals surface area contributed by atoms with Gasteiger partial charge in [-0.25, -0.2) is 0 Å². The van der Waals surface area contributed by atoms with Gasteiger partial charge >= 0.3 is 0 Å². The molecule has 28 heavy (non-hydrogen) atoms. The third kappa shape index (κ3) is 5.75. The quantitative estimate of drug-likeness (QED) is 0.291. The summed E-state index contributed by atoms with van der Waals surface area (Å²) in [7, 11) is 0. The summed E-state index contributed by atoms with van der Waals surface area (Å²) < 4.78 is 0. The average Bonchev–Trinajstić information content (AvgIpc) is 2.74. The van der Waals surface area contributed by atoms with Crippen LogP contribution in [0.4, 0.5) is 11.4 Å². The van der Waals surface area contributed by atoms with Crippen LogP contribution in [-0.4, -0.2) is 0 Å². The Morgan fingerprint density at radius 3 is 1.75 bits per heavy atom. The zero-order valence-corrected chi connectivity index (χ0v) is 16.0. The standard InChI is InChI=1S/C26H24N2/c1-3-8-21(4-2)19-23-11-15-25(16-12-23)27-28-26-17-13-24(14-18-26)20-22-9-6-5-7-10-22/h3-18H,1-2,19-20H2/b21-8+,28-27?. The van der Waals surface area contributed by atoms with E-state index in [9.17, 15) is 0 Å². The van der Waals surface area contributed by atoms with Crippen molar-refractivity contribution in [1.29, 1.82) is 0 Å². The second-order valence-electron chi connectivity index (χ2n) is 6.55. The molecule has 0 aliphatic heterocycles. The lowest BCUT2D eigenvalue weighted by atomic mass is 10.0. The molecule has 0 saturated carbocycles. The Labute approximate surface area is 167 Å². The summed E-state index contributed by atoms with van der Waals surface area (Å²) in [6, 6.07) is 26.8. The maximum Gasteiger partial charge on any atom is 0.0857 e. The largest absolute Gasteiger partial charge is 0.151 e. The van der Waals surface area contributed by atoms with Crippen LogP contribution in [0.15, 0.2) is 126 Å². The first-order valence-corrected chi connectivity index (χ1v) is 9.34. The monoisotopic (exact) mass is 364 g/mol. The van der Waals surface area contributed by atoms with Crippen molar-refractivity contribution in [2.24, 2.45) is 10.2 Å². The van der Waals surface area contributed by atoms with E-state index in [4.69, 9.17) is 0 Å². The minimum Gasteiger partial charge on any atom is -0.151 e. The molecule has 0 aliphatic carbocycles. The molecule has 3 aromatic rings. The van der Waals surface area contributed by atoms with E-state index in [-0.39, 0.29) is 0 Å². The van der Waals surface area contributed by atoms with E-state index in [1.54, 1.807) is 6.08 Å². The highest BCUT2D eigenvalue weighted by Gasteiger charge is 1.98.